The fourth-order valence-electron chi connectivity index (χ4n) is 10.2. The van der Waals surface area contributed by atoms with Crippen molar-refractivity contribution in [3.8, 4) is 0 Å². The molecule has 0 N–H and O–H groups in total. The van der Waals surface area contributed by atoms with Gasteiger partial charge in [0.2, 0.25) is 0 Å². The van der Waals surface area contributed by atoms with Gasteiger partial charge in [0.05, 0.1) is 102 Å². The Labute approximate surface area is 490 Å². The van der Waals surface area contributed by atoms with Crippen LogP contribution in [-0.4, -0.2) is 104 Å². The second-order valence-electron chi connectivity index (χ2n) is 21.2. The minimum Gasteiger partial charge on any atom is -0.377 e. The molecule has 4 aliphatic carbocycles. The number of para-hydroxylation sites is 4. The number of ether oxygens (including phenoxy) is 4. The molecule has 424 valence electrons. The molecule has 14 heteroatoms. The van der Waals surface area contributed by atoms with E-state index < -0.39 is 0 Å². The Morgan fingerprint density at radius 3 is 0.731 bits per heavy atom. The third-order valence-electron chi connectivity index (χ3n) is 14.6. The second-order valence-corrected chi connectivity index (χ2v) is 21.2. The summed E-state index contributed by atoms with van der Waals surface area (Å²) in [4.78, 5) is 0. The SMILES string of the molecule is C[C-]1CCC(/C=N/N(CCOCCOCCN(/N=C/C2CC[C-](C)C2)c2ccccc2)c2ccccc2)C1.C[C-]1CCC(/C=N/N(CCOCCOCCN(/N=C/C2CC[C-](C)C2)c2ccccc2)c2ccccc2)C1.[Fe+2].[Fe+2]. The fraction of sp³-hybridized carbons (Fsp3) is 0.500. The van der Waals surface area contributed by atoms with Gasteiger partial charge in [-0.15, -0.1) is 0 Å². The van der Waals surface area contributed by atoms with E-state index in [0.29, 0.717) is 103 Å². The summed E-state index contributed by atoms with van der Waals surface area (Å²) < 4.78 is 23.6. The average molecular weight is 1150 g/mol. The van der Waals surface area contributed by atoms with E-state index in [1.807, 2.05) is 44.3 Å². The maximum atomic E-state index is 5.90. The molecule has 0 bridgehead atoms. The molecule has 0 aromatic heterocycles. The van der Waals surface area contributed by atoms with Crippen LogP contribution < -0.4 is 20.0 Å². The van der Waals surface area contributed by atoms with E-state index in [9.17, 15) is 0 Å². The molecule has 4 unspecified atom stereocenters. The van der Waals surface area contributed by atoms with Crippen LogP contribution in [0.15, 0.2) is 142 Å². The molecule has 4 atom stereocenters. The van der Waals surface area contributed by atoms with Gasteiger partial charge in [0, 0.05) is 24.9 Å². The van der Waals surface area contributed by atoms with Crippen LogP contribution in [0, 0.1) is 47.3 Å². The Hall–Kier alpha value is -4.36. The van der Waals surface area contributed by atoms with Crippen LogP contribution in [0.3, 0.4) is 0 Å². The summed E-state index contributed by atoms with van der Waals surface area (Å²) in [6, 6.07) is 41.3. The predicted molar refractivity (Wildman–Crippen MR) is 317 cm³/mol. The van der Waals surface area contributed by atoms with E-state index >= 15 is 0 Å². The predicted octanol–water partition coefficient (Wildman–Crippen LogP) is 13.6. The molecular weight excluding hydrogens is 1060 g/mol. The van der Waals surface area contributed by atoms with Crippen molar-refractivity contribution in [3.63, 3.8) is 0 Å². The molecule has 4 aromatic rings. The van der Waals surface area contributed by atoms with E-state index in [-0.39, 0.29) is 34.1 Å². The number of hydrogen-bond donors (Lipinski definition) is 0. The Morgan fingerprint density at radius 1 is 0.346 bits per heavy atom. The van der Waals surface area contributed by atoms with Crippen molar-refractivity contribution in [2.75, 3.05) is 99.1 Å². The van der Waals surface area contributed by atoms with Crippen LogP contribution in [-0.2, 0) is 53.1 Å². The monoisotopic (exact) mass is 1140 g/mol. The van der Waals surface area contributed by atoms with Crippen molar-refractivity contribution in [1.29, 1.82) is 0 Å². The van der Waals surface area contributed by atoms with Gasteiger partial charge in [-0.05, 0) is 72.2 Å². The van der Waals surface area contributed by atoms with Crippen molar-refractivity contribution in [2.24, 2.45) is 44.1 Å². The molecule has 0 amide bonds. The zero-order chi connectivity index (χ0) is 52.8. The van der Waals surface area contributed by atoms with E-state index in [2.05, 4.69) is 150 Å². The van der Waals surface area contributed by atoms with Gasteiger partial charge in [0.1, 0.15) is 0 Å². The third-order valence-corrected chi connectivity index (χ3v) is 14.6. The molecule has 0 aliphatic heterocycles. The smallest absolute Gasteiger partial charge is 0.377 e. The molecule has 12 nitrogen and oxygen atoms in total. The van der Waals surface area contributed by atoms with Crippen molar-refractivity contribution < 1.29 is 53.1 Å². The van der Waals surface area contributed by atoms with Crippen LogP contribution in [0.5, 0.6) is 0 Å². The first kappa shape index (κ1) is 64.5. The summed E-state index contributed by atoms with van der Waals surface area (Å²) in [6.07, 6.45) is 22.8. The van der Waals surface area contributed by atoms with Gasteiger partial charge in [0.15, 0.2) is 0 Å². The summed E-state index contributed by atoms with van der Waals surface area (Å²) in [5.41, 5.74) is 4.37. The number of benzene rings is 4. The minimum atomic E-state index is 0. The molecule has 0 heterocycles. The number of hydrazone groups is 4. The number of hydrogen-bond acceptors (Lipinski definition) is 12. The normalized spacial score (nSPS) is 20.2. The Kier molecular flexibility index (Phi) is 31.0. The quantitative estimate of drug-likeness (QED) is 0.0167. The first-order valence-electron chi connectivity index (χ1n) is 28.4. The summed E-state index contributed by atoms with van der Waals surface area (Å²) in [6.45, 7) is 16.5. The molecular formula is C64H88Fe2N8O4. The van der Waals surface area contributed by atoms with Gasteiger partial charge < -0.3 is 42.6 Å². The largest absolute Gasteiger partial charge is 2.00 e. The first-order valence-corrected chi connectivity index (χ1v) is 28.4. The maximum Gasteiger partial charge on any atom is 2.00 e. The van der Waals surface area contributed by atoms with Crippen LogP contribution in [0.4, 0.5) is 22.7 Å². The molecule has 0 radical (unpaired) electrons. The van der Waals surface area contributed by atoms with Crippen LogP contribution >= 0.6 is 0 Å². The van der Waals surface area contributed by atoms with E-state index in [4.69, 9.17) is 39.4 Å². The van der Waals surface area contributed by atoms with Gasteiger partial charge in [0.25, 0.3) is 0 Å². The first-order chi connectivity index (χ1) is 37.3. The summed E-state index contributed by atoms with van der Waals surface area (Å²) in [7, 11) is 0. The Morgan fingerprint density at radius 2 is 0.551 bits per heavy atom. The molecule has 4 saturated carbocycles. The molecule has 0 saturated heterocycles. The van der Waals surface area contributed by atoms with Gasteiger partial charge >= 0.3 is 34.1 Å². The number of nitrogens with zero attached hydrogens (tertiary/aromatic N) is 8. The van der Waals surface area contributed by atoms with Crippen molar-refractivity contribution in [1.82, 2.24) is 0 Å². The molecule has 4 aromatic carbocycles. The Balaban J connectivity index is 0.000000280. The van der Waals surface area contributed by atoms with Crippen LogP contribution in [0.2, 0.25) is 0 Å². The molecule has 4 aliphatic rings. The van der Waals surface area contributed by atoms with Crippen molar-refractivity contribution >= 4 is 47.6 Å². The third kappa shape index (κ3) is 24.2. The van der Waals surface area contributed by atoms with Gasteiger partial charge in [-0.2, -0.15) is 99.5 Å². The summed E-state index contributed by atoms with van der Waals surface area (Å²) >= 11 is 0. The van der Waals surface area contributed by atoms with Crippen molar-refractivity contribution in [2.45, 2.75) is 105 Å². The maximum absolute atomic E-state index is 5.90. The molecule has 0 spiro atoms. The standard InChI is InChI=1S/2C32H44N4O2.2Fe/c2*1-27-13-15-29(23-27)25-33-35(31-9-5-3-6-10-31)17-19-37-21-22-38-20-18-36(32-11-7-4-8-12-32)34-26-30-16-14-28(2)24-30;;/h2*3-12,25-26,29-30H,13-24H2,1-2H3;;/q2*-2;2*+2/b2*33-25+,34-26+;;. The average Bonchev–Trinajstić information content (AvgIpc) is 4.29. The molecule has 78 heavy (non-hydrogen) atoms. The second kappa shape index (κ2) is 37.5. The molecule has 8 rings (SSSR count). The number of anilines is 4. The topological polar surface area (TPSA) is 99.3 Å². The van der Waals surface area contributed by atoms with Crippen molar-refractivity contribution in [3.05, 3.63) is 145 Å². The number of rotatable bonds is 30. The van der Waals surface area contributed by atoms with E-state index in [0.717, 1.165) is 48.4 Å². The zero-order valence-electron chi connectivity index (χ0n) is 47.1. The molecule has 4 fully saturated rings. The summed E-state index contributed by atoms with van der Waals surface area (Å²) in [5.74, 6) is 8.53. The zero-order valence-corrected chi connectivity index (χ0v) is 49.3. The van der Waals surface area contributed by atoms with Crippen LogP contribution in [0.1, 0.15) is 105 Å². The van der Waals surface area contributed by atoms with Gasteiger partial charge in [-0.3, -0.25) is 20.0 Å². The van der Waals surface area contributed by atoms with Crippen LogP contribution in [0.25, 0.3) is 0 Å². The Bertz CT molecular complexity index is 1950. The van der Waals surface area contributed by atoms with E-state index in [1.54, 1.807) is 23.7 Å². The van der Waals surface area contributed by atoms with Gasteiger partial charge in [-0.25, -0.2) is 0 Å². The fourth-order valence-corrected chi connectivity index (χ4v) is 10.2. The van der Waals surface area contributed by atoms with Gasteiger partial charge in [-0.1, -0.05) is 98.5 Å². The minimum absolute atomic E-state index is 0. The summed E-state index contributed by atoms with van der Waals surface area (Å²) in [5, 5.41) is 27.5. The van der Waals surface area contributed by atoms with E-state index in [1.165, 1.54) is 51.4 Å².